The van der Waals surface area contributed by atoms with Crippen LogP contribution in [0.5, 0.6) is 0 Å². The van der Waals surface area contributed by atoms with Crippen LogP contribution in [0.25, 0.3) is 0 Å². The molecule has 0 unspecified atom stereocenters. The summed E-state index contributed by atoms with van der Waals surface area (Å²) in [5.74, 6) is 0. The van der Waals surface area contributed by atoms with Crippen LogP contribution in [-0.2, 0) is 9.31 Å². The second-order valence-electron chi connectivity index (χ2n) is 4.98. The molecule has 0 radical (unpaired) electrons. The quantitative estimate of drug-likeness (QED) is 0.707. The van der Waals surface area contributed by atoms with Crippen molar-refractivity contribution in [3.63, 3.8) is 0 Å². The summed E-state index contributed by atoms with van der Waals surface area (Å²) in [4.78, 5) is 0. The second-order valence-corrected chi connectivity index (χ2v) is 4.98. The molecule has 1 saturated heterocycles. The molecule has 1 fully saturated rings. The summed E-state index contributed by atoms with van der Waals surface area (Å²) >= 11 is 0. The molecule has 1 aliphatic rings. The van der Waals surface area contributed by atoms with E-state index in [9.17, 15) is 0 Å². The van der Waals surface area contributed by atoms with Crippen LogP contribution in [0, 0.1) is 0 Å². The Labute approximate surface area is 99.6 Å². The fourth-order valence-electron chi connectivity index (χ4n) is 1.13. The lowest BCUT2D eigenvalue weighted by molar-refractivity contribution is 0.00578. The van der Waals surface area contributed by atoms with Crippen LogP contribution in [0.2, 0.25) is 12.6 Å². The highest BCUT2D eigenvalue weighted by Gasteiger charge is 2.49. The first-order valence-corrected chi connectivity index (χ1v) is 5.88. The zero-order valence-electron chi connectivity index (χ0n) is 11.3. The topological polar surface area (TPSA) is 58.9 Å². The van der Waals surface area contributed by atoms with Gasteiger partial charge in [-0.3, -0.25) is 0 Å². The Morgan fingerprint density at radius 1 is 1.00 bits per heavy atom. The lowest BCUT2D eigenvalue weighted by Gasteiger charge is -2.32. The van der Waals surface area contributed by atoms with E-state index in [2.05, 4.69) is 34.6 Å². The molecule has 1 aliphatic heterocycles. The third-order valence-corrected chi connectivity index (χ3v) is 3.00. The summed E-state index contributed by atoms with van der Waals surface area (Å²) in [6, 6.07) is 0. The van der Waals surface area contributed by atoms with E-state index in [0.29, 0.717) is 6.32 Å². The van der Waals surface area contributed by atoms with Gasteiger partial charge in [0.05, 0.1) is 11.2 Å². The fraction of sp³-hybridized carbons (Fsp3) is 1.00. The Hall–Kier alpha value is -0.0301. The summed E-state index contributed by atoms with van der Waals surface area (Å²) in [6.07, 6.45) is 1.34. The van der Waals surface area contributed by atoms with Crippen molar-refractivity contribution < 1.29 is 19.4 Å². The molecule has 16 heavy (non-hydrogen) atoms. The van der Waals surface area contributed by atoms with Crippen LogP contribution in [0.3, 0.4) is 0 Å². The maximum atomic E-state index is 7.92. The van der Waals surface area contributed by atoms with Gasteiger partial charge in [0, 0.05) is 0 Å². The number of hydrogen-bond donors (Lipinski definition) is 2. The molecule has 1 heterocycles. The second kappa shape index (κ2) is 6.05. The maximum absolute atomic E-state index is 7.92. The summed E-state index contributed by atoms with van der Waals surface area (Å²) in [7, 11) is -1.13. The molecule has 0 aliphatic carbocycles. The van der Waals surface area contributed by atoms with Crippen LogP contribution in [0.4, 0.5) is 0 Å². The smallest absolute Gasteiger partial charge is 0.427 e. The first-order chi connectivity index (χ1) is 7.16. The minimum Gasteiger partial charge on any atom is -0.427 e. The predicted octanol–water partition coefficient (Wildman–Crippen LogP) is 1.58. The monoisotopic (exact) mass is 230 g/mol. The molecule has 6 heteroatoms. The van der Waals surface area contributed by atoms with E-state index in [1.807, 2.05) is 0 Å². The Bertz CT molecular complexity index is 191. The highest BCUT2D eigenvalue weighted by atomic mass is 16.7. The minimum atomic E-state index is -1.12. The Morgan fingerprint density at radius 2 is 1.31 bits per heavy atom. The predicted molar refractivity (Wildman–Crippen MR) is 67.2 cm³/mol. The zero-order chi connectivity index (χ0) is 13.0. The molecule has 0 atom stereocenters. The summed E-state index contributed by atoms with van der Waals surface area (Å²) in [5, 5.41) is 15.8. The summed E-state index contributed by atoms with van der Waals surface area (Å²) < 4.78 is 11.4. The van der Waals surface area contributed by atoms with Gasteiger partial charge in [0.15, 0.2) is 0 Å². The van der Waals surface area contributed by atoms with Gasteiger partial charge in [0.25, 0.3) is 0 Å². The third-order valence-electron chi connectivity index (χ3n) is 3.00. The minimum absolute atomic E-state index is 0.0139. The van der Waals surface area contributed by atoms with Crippen LogP contribution in [0.15, 0.2) is 0 Å². The van der Waals surface area contributed by atoms with Crippen LogP contribution < -0.4 is 0 Å². The van der Waals surface area contributed by atoms with Gasteiger partial charge < -0.3 is 19.4 Å². The molecular formula is C10H24B2O4. The maximum Gasteiger partial charge on any atom is 0.457 e. The lowest BCUT2D eigenvalue weighted by atomic mass is 9.87. The van der Waals surface area contributed by atoms with Gasteiger partial charge in [-0.2, -0.15) is 0 Å². The van der Waals surface area contributed by atoms with Gasteiger partial charge in [-0.15, -0.1) is 0 Å². The molecular weight excluding hydrogens is 206 g/mol. The van der Waals surface area contributed by atoms with E-state index >= 15 is 0 Å². The first kappa shape index (κ1) is 16.0. The van der Waals surface area contributed by atoms with E-state index in [1.165, 1.54) is 0 Å². The highest BCUT2D eigenvalue weighted by Crippen LogP contribution is 2.37. The number of hydrogen-bond acceptors (Lipinski definition) is 4. The first-order valence-electron chi connectivity index (χ1n) is 5.88. The molecule has 0 amide bonds. The zero-order valence-corrected chi connectivity index (χ0v) is 11.3. The van der Waals surface area contributed by atoms with E-state index in [0.717, 1.165) is 6.32 Å². The molecule has 94 valence electrons. The average molecular weight is 230 g/mol. The van der Waals surface area contributed by atoms with Gasteiger partial charge >= 0.3 is 14.2 Å². The Morgan fingerprint density at radius 3 is 1.44 bits per heavy atom. The summed E-state index contributed by atoms with van der Waals surface area (Å²) in [6.45, 7) is 12.1. The van der Waals surface area contributed by atoms with Gasteiger partial charge in [0.1, 0.15) is 0 Å². The molecule has 0 spiro atoms. The standard InChI is InChI=1S/C8H17BO2.C2H7BO2/c1-6-9-10-7(2,3)8(4,5)11-9;1-2-3(4)5/h6H2,1-5H3;4-5H,2H2,1H3. The van der Waals surface area contributed by atoms with Crippen molar-refractivity contribution in [1.29, 1.82) is 0 Å². The molecule has 4 nitrogen and oxygen atoms in total. The molecule has 1 rings (SSSR count). The molecule has 2 N–H and O–H groups in total. The van der Waals surface area contributed by atoms with Crippen molar-refractivity contribution >= 4 is 14.2 Å². The molecule has 0 aromatic rings. The normalized spacial score (nSPS) is 21.4. The van der Waals surface area contributed by atoms with E-state index in [1.54, 1.807) is 6.92 Å². The Balaban J connectivity index is 0.000000385. The van der Waals surface area contributed by atoms with E-state index < -0.39 is 7.12 Å². The molecule has 0 aromatic carbocycles. The van der Waals surface area contributed by atoms with Crippen molar-refractivity contribution in [2.75, 3.05) is 0 Å². The third kappa shape index (κ3) is 4.45. The van der Waals surface area contributed by atoms with Gasteiger partial charge in [-0.25, -0.2) is 0 Å². The number of rotatable bonds is 2. The van der Waals surface area contributed by atoms with Crippen LogP contribution in [-0.4, -0.2) is 35.5 Å². The van der Waals surface area contributed by atoms with E-state index in [-0.39, 0.29) is 18.3 Å². The SMILES string of the molecule is CCB(O)O.CCB1OC(C)(C)C(C)(C)O1. The van der Waals surface area contributed by atoms with Crippen molar-refractivity contribution in [2.24, 2.45) is 0 Å². The van der Waals surface area contributed by atoms with Gasteiger partial charge in [-0.1, -0.05) is 13.8 Å². The lowest BCUT2D eigenvalue weighted by Crippen LogP contribution is -2.41. The van der Waals surface area contributed by atoms with Crippen LogP contribution >= 0.6 is 0 Å². The molecule has 0 bridgehead atoms. The van der Waals surface area contributed by atoms with Crippen molar-refractivity contribution in [1.82, 2.24) is 0 Å². The largest absolute Gasteiger partial charge is 0.457 e. The fourth-order valence-corrected chi connectivity index (χ4v) is 1.13. The molecule has 0 aromatic heterocycles. The average Bonchev–Trinajstić information content (AvgIpc) is 2.36. The van der Waals surface area contributed by atoms with Crippen molar-refractivity contribution in [3.8, 4) is 0 Å². The van der Waals surface area contributed by atoms with Crippen molar-refractivity contribution in [2.45, 2.75) is 65.4 Å². The van der Waals surface area contributed by atoms with Gasteiger partial charge in [-0.05, 0) is 40.3 Å². The summed E-state index contributed by atoms with van der Waals surface area (Å²) in [5.41, 5.74) is -0.318. The van der Waals surface area contributed by atoms with Gasteiger partial charge in [0.2, 0.25) is 0 Å². The van der Waals surface area contributed by atoms with Crippen LogP contribution in [0.1, 0.15) is 41.5 Å². The van der Waals surface area contributed by atoms with Crippen molar-refractivity contribution in [3.05, 3.63) is 0 Å². The Kier molecular flexibility index (Phi) is 6.04. The van der Waals surface area contributed by atoms with E-state index in [4.69, 9.17) is 19.4 Å². The highest BCUT2D eigenvalue weighted by molar-refractivity contribution is 6.45. The molecule has 0 saturated carbocycles.